The maximum atomic E-state index is 12.4. The first kappa shape index (κ1) is 13.8. The van der Waals surface area contributed by atoms with Crippen LogP contribution in [0.15, 0.2) is 29.3 Å². The summed E-state index contributed by atoms with van der Waals surface area (Å²) in [5, 5.41) is 3.51. The number of carbonyl (C=O) groups excluding carboxylic acids is 1. The fourth-order valence-electron chi connectivity index (χ4n) is 2.39. The average molecular weight is 285 g/mol. The predicted molar refractivity (Wildman–Crippen MR) is 81.1 cm³/mol. The number of hydrogen-bond donors (Lipinski definition) is 1. The summed E-state index contributed by atoms with van der Waals surface area (Å²) in [5.74, 6) is 0.667. The van der Waals surface area contributed by atoms with Gasteiger partial charge in [0.05, 0.1) is 17.2 Å². The second kappa shape index (κ2) is 5.68. The van der Waals surface area contributed by atoms with Gasteiger partial charge in [0.25, 0.3) is 5.56 Å². The Bertz CT molecular complexity index is 732. The zero-order valence-corrected chi connectivity index (χ0v) is 12.1. The zero-order valence-electron chi connectivity index (χ0n) is 12.1. The fourth-order valence-corrected chi connectivity index (χ4v) is 2.39. The summed E-state index contributed by atoms with van der Waals surface area (Å²) in [6, 6.07) is 5.57. The number of rotatable bonds is 5. The second-order valence-electron chi connectivity index (χ2n) is 5.71. The molecule has 5 nitrogen and oxygen atoms in total. The van der Waals surface area contributed by atoms with Gasteiger partial charge in [-0.25, -0.2) is 4.98 Å². The van der Waals surface area contributed by atoms with E-state index >= 15 is 0 Å². The van der Waals surface area contributed by atoms with Gasteiger partial charge in [-0.15, -0.1) is 0 Å². The number of nitrogens with one attached hydrogen (secondary N) is 1. The van der Waals surface area contributed by atoms with E-state index in [0.29, 0.717) is 24.3 Å². The molecule has 0 unspecified atom stereocenters. The van der Waals surface area contributed by atoms with E-state index in [1.165, 1.54) is 23.7 Å². The molecule has 0 atom stereocenters. The number of amides is 1. The Kier molecular flexibility index (Phi) is 3.73. The molecule has 21 heavy (non-hydrogen) atoms. The van der Waals surface area contributed by atoms with Crippen LogP contribution in [0.5, 0.6) is 0 Å². The van der Waals surface area contributed by atoms with Crippen LogP contribution in [0, 0.1) is 12.8 Å². The molecule has 1 fully saturated rings. The van der Waals surface area contributed by atoms with Crippen molar-refractivity contribution < 1.29 is 4.79 Å². The number of fused-ring (bicyclic) bond motifs is 1. The Morgan fingerprint density at radius 2 is 2.24 bits per heavy atom. The molecule has 5 heteroatoms. The predicted octanol–water partition coefficient (Wildman–Crippen LogP) is 1.62. The van der Waals surface area contributed by atoms with Crippen molar-refractivity contribution >= 4 is 16.8 Å². The molecule has 1 amide bonds. The lowest BCUT2D eigenvalue weighted by atomic mass is 10.1. The van der Waals surface area contributed by atoms with Crippen molar-refractivity contribution in [2.45, 2.75) is 32.7 Å². The van der Waals surface area contributed by atoms with Gasteiger partial charge in [0.1, 0.15) is 0 Å². The SMILES string of the molecule is Cc1cccc2c(=O)n(CCC(=O)NCC3CC3)cnc12. The number of benzene rings is 1. The van der Waals surface area contributed by atoms with E-state index in [9.17, 15) is 9.59 Å². The molecule has 0 radical (unpaired) electrons. The Labute approximate surface area is 123 Å². The third kappa shape index (κ3) is 3.12. The molecule has 1 aliphatic carbocycles. The Morgan fingerprint density at radius 1 is 1.43 bits per heavy atom. The lowest BCUT2D eigenvalue weighted by Crippen LogP contribution is -2.29. The molecule has 1 aliphatic rings. The first-order valence-corrected chi connectivity index (χ1v) is 7.36. The molecule has 3 rings (SSSR count). The minimum atomic E-state index is -0.0845. The fraction of sp³-hybridized carbons (Fsp3) is 0.438. The van der Waals surface area contributed by atoms with Crippen molar-refractivity contribution in [3.8, 4) is 0 Å². The molecule has 1 N–H and O–H groups in total. The summed E-state index contributed by atoms with van der Waals surface area (Å²) in [6.45, 7) is 3.07. The minimum Gasteiger partial charge on any atom is -0.356 e. The highest BCUT2D eigenvalue weighted by Crippen LogP contribution is 2.27. The first-order chi connectivity index (χ1) is 10.1. The molecule has 0 bridgehead atoms. The molecule has 0 spiro atoms. The van der Waals surface area contributed by atoms with Crippen LogP contribution in [0.3, 0.4) is 0 Å². The molecule has 1 aromatic heterocycles. The second-order valence-corrected chi connectivity index (χ2v) is 5.71. The van der Waals surface area contributed by atoms with Crippen molar-refractivity contribution in [2.75, 3.05) is 6.54 Å². The van der Waals surface area contributed by atoms with Gasteiger partial charge in [0.2, 0.25) is 5.91 Å². The third-order valence-corrected chi connectivity index (χ3v) is 3.92. The van der Waals surface area contributed by atoms with Crippen LogP contribution in [0.25, 0.3) is 10.9 Å². The highest BCUT2D eigenvalue weighted by molar-refractivity contribution is 5.80. The summed E-state index contributed by atoms with van der Waals surface area (Å²) in [4.78, 5) is 28.4. The molecule has 0 saturated heterocycles. The number of carbonyl (C=O) groups is 1. The van der Waals surface area contributed by atoms with Crippen LogP contribution in [-0.2, 0) is 11.3 Å². The highest BCUT2D eigenvalue weighted by Gasteiger charge is 2.21. The maximum Gasteiger partial charge on any atom is 0.261 e. The molecule has 1 aromatic carbocycles. The van der Waals surface area contributed by atoms with Crippen LogP contribution in [0.1, 0.15) is 24.8 Å². The van der Waals surface area contributed by atoms with E-state index in [0.717, 1.165) is 17.6 Å². The Balaban J connectivity index is 1.70. The molecule has 2 aromatic rings. The molecule has 110 valence electrons. The van der Waals surface area contributed by atoms with Crippen LogP contribution < -0.4 is 10.9 Å². The lowest BCUT2D eigenvalue weighted by Gasteiger charge is -2.08. The topological polar surface area (TPSA) is 64.0 Å². The average Bonchev–Trinajstić information content (AvgIpc) is 3.29. The van der Waals surface area contributed by atoms with E-state index in [2.05, 4.69) is 10.3 Å². The van der Waals surface area contributed by atoms with Crippen molar-refractivity contribution in [3.63, 3.8) is 0 Å². The first-order valence-electron chi connectivity index (χ1n) is 7.36. The smallest absolute Gasteiger partial charge is 0.261 e. The normalized spacial score (nSPS) is 14.3. The standard InChI is InChI=1S/C16H19N3O2/c1-11-3-2-4-13-15(11)18-10-19(16(13)21)8-7-14(20)17-9-12-5-6-12/h2-4,10,12H,5-9H2,1H3,(H,17,20). The number of aromatic nitrogens is 2. The molecule has 1 saturated carbocycles. The number of nitrogens with zero attached hydrogens (tertiary/aromatic N) is 2. The van der Waals surface area contributed by atoms with E-state index in [4.69, 9.17) is 0 Å². The van der Waals surface area contributed by atoms with Crippen LogP contribution in [0.4, 0.5) is 0 Å². The summed E-state index contributed by atoms with van der Waals surface area (Å²) in [7, 11) is 0. The Morgan fingerprint density at radius 3 is 3.00 bits per heavy atom. The summed E-state index contributed by atoms with van der Waals surface area (Å²) >= 11 is 0. The summed E-state index contributed by atoms with van der Waals surface area (Å²) < 4.78 is 1.51. The van der Waals surface area contributed by atoms with Crippen molar-refractivity contribution in [3.05, 3.63) is 40.4 Å². The van der Waals surface area contributed by atoms with Gasteiger partial charge < -0.3 is 5.32 Å². The van der Waals surface area contributed by atoms with E-state index < -0.39 is 0 Å². The molecular formula is C16H19N3O2. The van der Waals surface area contributed by atoms with Gasteiger partial charge in [0, 0.05) is 19.5 Å². The van der Waals surface area contributed by atoms with Gasteiger partial charge in [0.15, 0.2) is 0 Å². The van der Waals surface area contributed by atoms with Crippen LogP contribution in [-0.4, -0.2) is 22.0 Å². The lowest BCUT2D eigenvalue weighted by molar-refractivity contribution is -0.121. The number of hydrogen-bond acceptors (Lipinski definition) is 3. The third-order valence-electron chi connectivity index (χ3n) is 3.92. The number of para-hydroxylation sites is 1. The van der Waals surface area contributed by atoms with E-state index in [1.54, 1.807) is 6.07 Å². The maximum absolute atomic E-state index is 12.4. The monoisotopic (exact) mass is 285 g/mol. The van der Waals surface area contributed by atoms with Gasteiger partial charge in [-0.05, 0) is 37.3 Å². The van der Waals surface area contributed by atoms with Gasteiger partial charge >= 0.3 is 0 Å². The molecular weight excluding hydrogens is 266 g/mol. The van der Waals surface area contributed by atoms with Crippen LogP contribution >= 0.6 is 0 Å². The summed E-state index contributed by atoms with van der Waals surface area (Å²) in [5.41, 5.74) is 1.63. The van der Waals surface area contributed by atoms with Crippen molar-refractivity contribution in [1.29, 1.82) is 0 Å². The van der Waals surface area contributed by atoms with Crippen molar-refractivity contribution in [2.24, 2.45) is 5.92 Å². The number of aryl methyl sites for hydroxylation is 2. The van der Waals surface area contributed by atoms with Crippen molar-refractivity contribution in [1.82, 2.24) is 14.9 Å². The highest BCUT2D eigenvalue weighted by atomic mass is 16.1. The quantitative estimate of drug-likeness (QED) is 0.908. The van der Waals surface area contributed by atoms with Gasteiger partial charge in [-0.1, -0.05) is 12.1 Å². The van der Waals surface area contributed by atoms with Gasteiger partial charge in [-0.2, -0.15) is 0 Å². The molecule has 1 heterocycles. The Hall–Kier alpha value is -2.17. The summed E-state index contributed by atoms with van der Waals surface area (Å²) in [6.07, 6.45) is 4.28. The van der Waals surface area contributed by atoms with E-state index in [-0.39, 0.29) is 11.5 Å². The largest absolute Gasteiger partial charge is 0.356 e. The van der Waals surface area contributed by atoms with E-state index in [1.807, 2.05) is 19.1 Å². The van der Waals surface area contributed by atoms with Gasteiger partial charge in [-0.3, -0.25) is 14.2 Å². The minimum absolute atomic E-state index is 0.00172. The van der Waals surface area contributed by atoms with Crippen LogP contribution in [0.2, 0.25) is 0 Å². The zero-order chi connectivity index (χ0) is 14.8. The molecule has 0 aliphatic heterocycles.